The van der Waals surface area contributed by atoms with E-state index in [0.29, 0.717) is 11.8 Å². The molecule has 0 aromatic rings. The SMILES string of the molecule is C=C(CC[C@@H](C)[C@H]1CC=C2C3=C([C@@H](O)[C@H](OC(C)=O)C21C)C1(C)C[C@@H](OS(C)(=O)=O)[C@H](O)C(C)(C)[C@@H]1CC3)C(C)C. The van der Waals surface area contributed by atoms with E-state index in [1.165, 1.54) is 12.5 Å². The Morgan fingerprint density at radius 3 is 2.37 bits per heavy atom. The maximum Gasteiger partial charge on any atom is 0.303 e. The van der Waals surface area contributed by atoms with Crippen LogP contribution in [0.4, 0.5) is 0 Å². The quantitative estimate of drug-likeness (QED) is 0.211. The molecule has 1 saturated carbocycles. The smallest absolute Gasteiger partial charge is 0.303 e. The van der Waals surface area contributed by atoms with Gasteiger partial charge in [0.25, 0.3) is 10.1 Å². The fourth-order valence-electron chi connectivity index (χ4n) is 9.33. The maximum absolute atomic E-state index is 12.5. The van der Waals surface area contributed by atoms with Crippen molar-refractivity contribution in [2.75, 3.05) is 6.26 Å². The Balaban J connectivity index is 1.80. The molecule has 0 bridgehead atoms. The fraction of sp³-hybridized carbons (Fsp3) is 0.788. The number of fused-ring (bicyclic) bond motifs is 4. The van der Waals surface area contributed by atoms with E-state index in [1.807, 2.05) is 13.8 Å². The molecule has 4 rings (SSSR count). The molecule has 0 spiro atoms. The van der Waals surface area contributed by atoms with Crippen molar-refractivity contribution in [1.29, 1.82) is 0 Å². The van der Waals surface area contributed by atoms with Crippen LogP contribution in [0.5, 0.6) is 0 Å². The van der Waals surface area contributed by atoms with E-state index < -0.39 is 56.7 Å². The van der Waals surface area contributed by atoms with E-state index in [9.17, 15) is 23.4 Å². The van der Waals surface area contributed by atoms with Crippen LogP contribution in [0.1, 0.15) is 93.9 Å². The first-order valence-electron chi connectivity index (χ1n) is 15.3. The lowest BCUT2D eigenvalue weighted by molar-refractivity contribution is -0.173. The number of rotatable bonds is 8. The molecule has 8 heteroatoms. The molecular formula is C33H52O7S. The van der Waals surface area contributed by atoms with Crippen LogP contribution in [-0.4, -0.2) is 55.3 Å². The summed E-state index contributed by atoms with van der Waals surface area (Å²) in [5.41, 5.74) is 2.45. The summed E-state index contributed by atoms with van der Waals surface area (Å²) in [7, 11) is -3.82. The predicted molar refractivity (Wildman–Crippen MR) is 160 cm³/mol. The van der Waals surface area contributed by atoms with Crippen LogP contribution in [0.3, 0.4) is 0 Å². The van der Waals surface area contributed by atoms with Crippen molar-refractivity contribution < 1.29 is 32.3 Å². The molecular weight excluding hydrogens is 540 g/mol. The second-order valence-corrected chi connectivity index (χ2v) is 16.4. The van der Waals surface area contributed by atoms with Crippen LogP contribution in [0, 0.1) is 39.9 Å². The van der Waals surface area contributed by atoms with Gasteiger partial charge in [0.1, 0.15) is 18.3 Å². The largest absolute Gasteiger partial charge is 0.458 e. The summed E-state index contributed by atoms with van der Waals surface area (Å²) in [5, 5.41) is 23.6. The van der Waals surface area contributed by atoms with Crippen molar-refractivity contribution in [2.45, 2.75) is 118 Å². The van der Waals surface area contributed by atoms with Gasteiger partial charge in [-0.05, 0) is 89.7 Å². The third-order valence-electron chi connectivity index (χ3n) is 11.5. The van der Waals surface area contributed by atoms with Gasteiger partial charge in [0.2, 0.25) is 0 Å². The summed E-state index contributed by atoms with van der Waals surface area (Å²) >= 11 is 0. The third kappa shape index (κ3) is 5.40. The Labute approximate surface area is 247 Å². The summed E-state index contributed by atoms with van der Waals surface area (Å²) in [5.74, 6) is 0.471. The second kappa shape index (κ2) is 10.9. The average molecular weight is 593 g/mol. The van der Waals surface area contributed by atoms with Crippen molar-refractivity contribution >= 4 is 16.1 Å². The first kappa shape index (κ1) is 32.4. The first-order chi connectivity index (χ1) is 18.8. The van der Waals surface area contributed by atoms with Gasteiger partial charge >= 0.3 is 5.97 Å². The highest BCUT2D eigenvalue weighted by Crippen LogP contribution is 2.67. The predicted octanol–water partition coefficient (Wildman–Crippen LogP) is 5.72. The molecule has 0 aromatic heterocycles. The zero-order chi connectivity index (χ0) is 30.9. The molecule has 41 heavy (non-hydrogen) atoms. The number of hydrogen-bond acceptors (Lipinski definition) is 7. The summed E-state index contributed by atoms with van der Waals surface area (Å²) in [6, 6.07) is 0. The standard InChI is InChI=1S/C33H52O7S/c1-18(2)19(3)11-12-20(4)23-14-15-24-22-13-16-26-31(6,7)29(36)25(40-41(10,37)38)17-32(26,8)27(22)28(35)30(33(23,24)9)39-21(5)34/h15,18,20,23,25-26,28-30,35-36H,3,11-14,16-17H2,1-2,4-10H3/t20-,23-,25-,26+,28-,29+,30+,32?,33?/m1/s1. The van der Waals surface area contributed by atoms with E-state index in [2.05, 4.69) is 47.3 Å². The van der Waals surface area contributed by atoms with E-state index in [-0.39, 0.29) is 18.3 Å². The molecule has 7 nitrogen and oxygen atoms in total. The molecule has 9 atom stereocenters. The lowest BCUT2D eigenvalue weighted by Crippen LogP contribution is -2.63. The van der Waals surface area contributed by atoms with Crippen LogP contribution in [0.25, 0.3) is 0 Å². The minimum absolute atomic E-state index is 0.0288. The van der Waals surface area contributed by atoms with Crippen LogP contribution in [0.15, 0.2) is 34.9 Å². The third-order valence-corrected chi connectivity index (χ3v) is 12.1. The normalized spacial score (nSPS) is 39.0. The zero-order valence-corrected chi connectivity index (χ0v) is 27.3. The zero-order valence-electron chi connectivity index (χ0n) is 26.5. The Morgan fingerprint density at radius 1 is 1.17 bits per heavy atom. The Hall–Kier alpha value is -1.48. The lowest BCUT2D eigenvalue weighted by Gasteiger charge is -2.62. The number of hydrogen-bond donors (Lipinski definition) is 2. The molecule has 0 amide bonds. The van der Waals surface area contributed by atoms with Gasteiger partial charge in [-0.1, -0.05) is 66.7 Å². The number of carbonyl (C=O) groups is 1. The van der Waals surface area contributed by atoms with E-state index in [1.54, 1.807) is 0 Å². The van der Waals surface area contributed by atoms with E-state index >= 15 is 0 Å². The van der Waals surface area contributed by atoms with Gasteiger partial charge in [0.05, 0.1) is 12.4 Å². The van der Waals surface area contributed by atoms with Gasteiger partial charge in [0.15, 0.2) is 0 Å². The second-order valence-electron chi connectivity index (χ2n) is 14.8. The van der Waals surface area contributed by atoms with E-state index in [4.69, 9.17) is 8.92 Å². The van der Waals surface area contributed by atoms with Crippen LogP contribution in [0.2, 0.25) is 0 Å². The highest BCUT2D eigenvalue weighted by Gasteiger charge is 2.65. The molecule has 232 valence electrons. The summed E-state index contributed by atoms with van der Waals surface area (Å²) < 4.78 is 35.9. The summed E-state index contributed by atoms with van der Waals surface area (Å²) in [6.45, 7) is 20.4. The Bertz CT molecular complexity index is 1240. The number of ether oxygens (including phenoxy) is 1. The maximum atomic E-state index is 12.5. The summed E-state index contributed by atoms with van der Waals surface area (Å²) in [4.78, 5) is 12.5. The number of aliphatic hydroxyl groups is 2. The molecule has 0 radical (unpaired) electrons. The fourth-order valence-corrected chi connectivity index (χ4v) is 9.96. The van der Waals surface area contributed by atoms with Gasteiger partial charge in [-0.25, -0.2) is 0 Å². The van der Waals surface area contributed by atoms with Crippen molar-refractivity contribution in [1.82, 2.24) is 0 Å². The lowest BCUT2D eigenvalue weighted by atomic mass is 9.45. The molecule has 4 aliphatic carbocycles. The Morgan fingerprint density at radius 2 is 1.80 bits per heavy atom. The van der Waals surface area contributed by atoms with Crippen LogP contribution < -0.4 is 0 Å². The van der Waals surface area contributed by atoms with Gasteiger partial charge in [0, 0.05) is 12.3 Å². The number of aliphatic hydroxyl groups excluding tert-OH is 2. The highest BCUT2D eigenvalue weighted by molar-refractivity contribution is 7.86. The monoisotopic (exact) mass is 592 g/mol. The van der Waals surface area contributed by atoms with Crippen molar-refractivity contribution in [2.24, 2.45) is 39.9 Å². The van der Waals surface area contributed by atoms with E-state index in [0.717, 1.165) is 55.1 Å². The minimum Gasteiger partial charge on any atom is -0.458 e. The molecule has 4 aliphatic rings. The molecule has 0 saturated heterocycles. The van der Waals surface area contributed by atoms with Crippen molar-refractivity contribution in [3.63, 3.8) is 0 Å². The number of carbonyl (C=O) groups excluding carboxylic acids is 1. The topological polar surface area (TPSA) is 110 Å². The van der Waals surface area contributed by atoms with Gasteiger partial charge in [-0.3, -0.25) is 8.98 Å². The van der Waals surface area contributed by atoms with Gasteiger partial charge in [-0.15, -0.1) is 0 Å². The van der Waals surface area contributed by atoms with Crippen LogP contribution in [-0.2, 0) is 23.8 Å². The Kier molecular flexibility index (Phi) is 8.63. The van der Waals surface area contributed by atoms with Crippen LogP contribution >= 0.6 is 0 Å². The van der Waals surface area contributed by atoms with Gasteiger partial charge in [-0.2, -0.15) is 8.42 Å². The van der Waals surface area contributed by atoms with Gasteiger partial charge < -0.3 is 14.9 Å². The molecule has 2 unspecified atom stereocenters. The number of allylic oxidation sites excluding steroid dienone is 3. The highest BCUT2D eigenvalue weighted by atomic mass is 32.2. The first-order valence-corrected chi connectivity index (χ1v) is 17.1. The van der Waals surface area contributed by atoms with Crippen molar-refractivity contribution in [3.05, 3.63) is 34.9 Å². The average Bonchev–Trinajstić information content (AvgIpc) is 3.19. The molecule has 0 aromatic carbocycles. The molecule has 2 N–H and O–H groups in total. The summed E-state index contributed by atoms with van der Waals surface area (Å²) in [6.07, 6.45) is 4.12. The molecule has 1 fully saturated rings. The molecule has 0 aliphatic heterocycles. The van der Waals surface area contributed by atoms with Crippen molar-refractivity contribution in [3.8, 4) is 0 Å². The minimum atomic E-state index is -3.82. The number of esters is 1. The molecule has 0 heterocycles.